The van der Waals surface area contributed by atoms with Crippen LogP contribution < -0.4 is 10.1 Å². The number of aliphatic hydroxyl groups excluding tert-OH is 1. The van der Waals surface area contributed by atoms with Crippen LogP contribution in [0.1, 0.15) is 12.5 Å². The Labute approximate surface area is 109 Å². The lowest BCUT2D eigenvalue weighted by Crippen LogP contribution is -2.23. The maximum absolute atomic E-state index is 9.07. The van der Waals surface area contributed by atoms with E-state index in [-0.39, 0.29) is 18.5 Å². The zero-order chi connectivity index (χ0) is 11.8. The molecule has 1 unspecified atom stereocenters. The molecule has 0 spiro atoms. The maximum atomic E-state index is 9.07. The van der Waals surface area contributed by atoms with Crippen LogP contribution in [0.4, 0.5) is 0 Å². The summed E-state index contributed by atoms with van der Waals surface area (Å²) in [5.74, 6) is 3.19. The van der Waals surface area contributed by atoms with E-state index in [1.54, 1.807) is 6.92 Å². The fourth-order valence-corrected chi connectivity index (χ4v) is 1.25. The molecule has 17 heavy (non-hydrogen) atoms. The second kappa shape index (κ2) is 8.89. The van der Waals surface area contributed by atoms with Gasteiger partial charge in [-0.3, -0.25) is 0 Å². The second-order valence-electron chi connectivity index (χ2n) is 3.62. The Bertz CT molecular complexity index is 343. The van der Waals surface area contributed by atoms with Crippen LogP contribution in [0, 0.1) is 12.3 Å². The van der Waals surface area contributed by atoms with Crippen molar-refractivity contribution < 1.29 is 9.84 Å². The van der Waals surface area contributed by atoms with E-state index < -0.39 is 0 Å². The van der Waals surface area contributed by atoms with Crippen molar-refractivity contribution in [3.63, 3.8) is 0 Å². The third-order valence-corrected chi connectivity index (χ3v) is 2.01. The van der Waals surface area contributed by atoms with E-state index in [2.05, 4.69) is 11.2 Å². The fourth-order valence-electron chi connectivity index (χ4n) is 1.25. The topological polar surface area (TPSA) is 41.5 Å². The highest BCUT2D eigenvalue weighted by atomic mass is 35.5. The van der Waals surface area contributed by atoms with Crippen LogP contribution in [0.2, 0.25) is 0 Å². The first-order chi connectivity index (χ1) is 7.72. The van der Waals surface area contributed by atoms with Gasteiger partial charge in [-0.25, -0.2) is 0 Å². The Hall–Kier alpha value is -1.21. The van der Waals surface area contributed by atoms with Gasteiger partial charge >= 0.3 is 0 Å². The van der Waals surface area contributed by atoms with Crippen LogP contribution >= 0.6 is 12.4 Å². The van der Waals surface area contributed by atoms with Crippen LogP contribution in [0.25, 0.3) is 0 Å². The van der Waals surface area contributed by atoms with Crippen LogP contribution in [0.15, 0.2) is 24.3 Å². The van der Waals surface area contributed by atoms with E-state index in [0.717, 1.165) is 17.9 Å². The Morgan fingerprint density at radius 2 is 2.06 bits per heavy atom. The molecule has 0 heterocycles. The predicted octanol–water partition coefficient (Wildman–Crippen LogP) is 1.59. The minimum atomic E-state index is -0.321. The molecule has 0 amide bonds. The van der Waals surface area contributed by atoms with E-state index >= 15 is 0 Å². The van der Waals surface area contributed by atoms with Gasteiger partial charge in [-0.1, -0.05) is 18.1 Å². The summed E-state index contributed by atoms with van der Waals surface area (Å²) in [6.45, 7) is 3.37. The number of halogens is 1. The number of hydrogen-bond donors (Lipinski definition) is 2. The van der Waals surface area contributed by atoms with Gasteiger partial charge in [0.25, 0.3) is 0 Å². The average Bonchev–Trinajstić information content (AvgIpc) is 2.27. The Morgan fingerprint density at radius 3 is 2.59 bits per heavy atom. The van der Waals surface area contributed by atoms with Gasteiger partial charge in [0.05, 0.1) is 6.10 Å². The predicted molar refractivity (Wildman–Crippen MR) is 71.4 cm³/mol. The lowest BCUT2D eigenvalue weighted by Gasteiger charge is -2.07. The molecule has 3 nitrogen and oxygen atoms in total. The average molecular weight is 256 g/mol. The lowest BCUT2D eigenvalue weighted by molar-refractivity contribution is 0.191. The number of hydrogen-bond acceptors (Lipinski definition) is 3. The van der Waals surface area contributed by atoms with E-state index in [1.807, 2.05) is 24.3 Å². The Morgan fingerprint density at radius 1 is 1.41 bits per heavy atom. The largest absolute Gasteiger partial charge is 0.481 e. The maximum Gasteiger partial charge on any atom is 0.148 e. The van der Waals surface area contributed by atoms with E-state index in [9.17, 15) is 0 Å². The summed E-state index contributed by atoms with van der Waals surface area (Å²) in [5, 5.41) is 12.2. The van der Waals surface area contributed by atoms with Crippen LogP contribution in [-0.4, -0.2) is 24.4 Å². The molecule has 0 aliphatic heterocycles. The van der Waals surface area contributed by atoms with Gasteiger partial charge < -0.3 is 15.2 Å². The highest BCUT2D eigenvalue weighted by Gasteiger charge is 1.97. The number of ether oxygens (including phenoxy) is 1. The SMILES string of the molecule is C#CCOc1ccc(CNCC(C)O)cc1.Cl. The summed E-state index contributed by atoms with van der Waals surface area (Å²) in [7, 11) is 0. The van der Waals surface area contributed by atoms with Gasteiger partial charge in [0.1, 0.15) is 12.4 Å². The summed E-state index contributed by atoms with van der Waals surface area (Å²) in [6, 6.07) is 7.72. The summed E-state index contributed by atoms with van der Waals surface area (Å²) in [5.41, 5.74) is 1.15. The first kappa shape index (κ1) is 15.8. The number of rotatable bonds is 6. The number of terminal acetylenes is 1. The summed E-state index contributed by atoms with van der Waals surface area (Å²) in [6.07, 6.45) is 4.77. The van der Waals surface area contributed by atoms with Gasteiger partial charge in [0.2, 0.25) is 0 Å². The van der Waals surface area contributed by atoms with Gasteiger partial charge in [0.15, 0.2) is 0 Å². The molecule has 4 heteroatoms. The van der Waals surface area contributed by atoms with Crippen molar-refractivity contribution in [3.05, 3.63) is 29.8 Å². The minimum Gasteiger partial charge on any atom is -0.481 e. The first-order valence-electron chi connectivity index (χ1n) is 5.26. The summed E-state index contributed by atoms with van der Waals surface area (Å²) < 4.78 is 5.26. The van der Waals surface area contributed by atoms with Crippen molar-refractivity contribution in [2.45, 2.75) is 19.6 Å². The third-order valence-electron chi connectivity index (χ3n) is 2.01. The zero-order valence-corrected chi connectivity index (χ0v) is 10.7. The van der Waals surface area contributed by atoms with E-state index in [4.69, 9.17) is 16.3 Å². The minimum absolute atomic E-state index is 0. The number of benzene rings is 1. The molecule has 0 aromatic heterocycles. The monoisotopic (exact) mass is 255 g/mol. The molecule has 0 radical (unpaired) electrons. The molecule has 0 aliphatic rings. The smallest absolute Gasteiger partial charge is 0.148 e. The van der Waals surface area contributed by atoms with E-state index in [1.165, 1.54) is 0 Å². The van der Waals surface area contributed by atoms with Gasteiger partial charge in [-0.2, -0.15) is 0 Å². The van der Waals surface area contributed by atoms with Crippen molar-refractivity contribution in [2.75, 3.05) is 13.2 Å². The van der Waals surface area contributed by atoms with Crippen LogP contribution in [0.5, 0.6) is 5.75 Å². The molecule has 94 valence electrons. The molecule has 2 N–H and O–H groups in total. The van der Waals surface area contributed by atoms with Gasteiger partial charge in [-0.15, -0.1) is 18.8 Å². The van der Waals surface area contributed by atoms with Gasteiger partial charge in [-0.05, 0) is 24.6 Å². The van der Waals surface area contributed by atoms with Crippen molar-refractivity contribution in [1.82, 2.24) is 5.32 Å². The van der Waals surface area contributed by atoms with Crippen LogP contribution in [0.3, 0.4) is 0 Å². The molecule has 0 aliphatic carbocycles. The Kier molecular flexibility index (Phi) is 8.25. The molecule has 1 atom stereocenters. The molecule has 1 rings (SSSR count). The van der Waals surface area contributed by atoms with Gasteiger partial charge in [0, 0.05) is 13.1 Å². The van der Waals surface area contributed by atoms with Crippen LogP contribution in [-0.2, 0) is 6.54 Å². The van der Waals surface area contributed by atoms with Crippen molar-refractivity contribution >= 4 is 12.4 Å². The first-order valence-corrected chi connectivity index (χ1v) is 5.26. The summed E-state index contributed by atoms with van der Waals surface area (Å²) >= 11 is 0. The van der Waals surface area contributed by atoms with Crippen molar-refractivity contribution in [3.8, 4) is 18.1 Å². The van der Waals surface area contributed by atoms with Crippen molar-refractivity contribution in [1.29, 1.82) is 0 Å². The standard InChI is InChI=1S/C13H17NO2.ClH/c1-3-8-16-13-6-4-12(5-7-13)10-14-9-11(2)15;/h1,4-7,11,14-15H,8-10H2,2H3;1H. The van der Waals surface area contributed by atoms with E-state index in [0.29, 0.717) is 13.2 Å². The molecule has 0 fully saturated rings. The fraction of sp³-hybridized carbons (Fsp3) is 0.385. The number of aliphatic hydroxyl groups is 1. The number of nitrogens with one attached hydrogen (secondary N) is 1. The third kappa shape index (κ3) is 6.85. The molecule has 1 aromatic rings. The highest BCUT2D eigenvalue weighted by molar-refractivity contribution is 5.85. The molecular formula is C13H18ClNO2. The molecule has 0 saturated carbocycles. The highest BCUT2D eigenvalue weighted by Crippen LogP contribution is 2.11. The quantitative estimate of drug-likeness (QED) is 0.759. The second-order valence-corrected chi connectivity index (χ2v) is 3.62. The van der Waals surface area contributed by atoms with Crippen molar-refractivity contribution in [2.24, 2.45) is 0 Å². The summed E-state index contributed by atoms with van der Waals surface area (Å²) in [4.78, 5) is 0. The molecule has 0 saturated heterocycles. The zero-order valence-electron chi connectivity index (χ0n) is 9.85. The molecule has 0 bridgehead atoms. The normalized spacial score (nSPS) is 11.1. The molecule has 1 aromatic carbocycles. The lowest BCUT2D eigenvalue weighted by atomic mass is 10.2. The molecular weight excluding hydrogens is 238 g/mol. The Balaban J connectivity index is 0.00000256.